The van der Waals surface area contributed by atoms with Crippen LogP contribution in [-0.4, -0.2) is 0 Å². The Balaban J connectivity index is 2.09. The summed E-state index contributed by atoms with van der Waals surface area (Å²) in [5, 5.41) is 3.29. The van der Waals surface area contributed by atoms with Gasteiger partial charge >= 0.3 is 0 Å². The Morgan fingerprint density at radius 2 is 1.67 bits per heavy atom. The second-order valence-corrected chi connectivity index (χ2v) is 5.23. The van der Waals surface area contributed by atoms with E-state index in [4.69, 9.17) is 6.57 Å². The minimum Gasteiger partial charge on any atom is -0.363 e. The minimum atomic E-state index is -0.0323. The van der Waals surface area contributed by atoms with Crippen LogP contribution in [0.25, 0.3) is 4.85 Å². The number of benzene rings is 2. The molecule has 1 unspecified atom stereocenters. The van der Waals surface area contributed by atoms with E-state index >= 15 is 0 Å². The van der Waals surface area contributed by atoms with Crippen molar-refractivity contribution in [3.63, 3.8) is 0 Å². The maximum absolute atomic E-state index is 7.28. The zero-order valence-corrected chi connectivity index (χ0v) is 12.2. The lowest BCUT2D eigenvalue weighted by Gasteiger charge is -2.27. The third kappa shape index (κ3) is 2.36. The molecule has 0 bridgehead atoms. The van der Waals surface area contributed by atoms with Gasteiger partial charge in [0.1, 0.15) is 0 Å². The Kier molecular flexibility index (Phi) is 3.37. The van der Waals surface area contributed by atoms with Crippen LogP contribution in [0.4, 0.5) is 5.69 Å². The van der Waals surface area contributed by atoms with Crippen LogP contribution < -0.4 is 10.2 Å². The normalized spacial score (nSPS) is 17.1. The molecule has 0 saturated heterocycles. The van der Waals surface area contributed by atoms with E-state index in [1.165, 1.54) is 11.1 Å². The number of para-hydroxylation sites is 1. The van der Waals surface area contributed by atoms with E-state index in [1.807, 2.05) is 24.4 Å². The molecule has 21 heavy (non-hydrogen) atoms. The van der Waals surface area contributed by atoms with E-state index in [2.05, 4.69) is 59.2 Å². The van der Waals surface area contributed by atoms with Crippen LogP contribution in [0.15, 0.2) is 60.6 Å². The molecular weight excluding hydrogens is 258 g/mol. The van der Waals surface area contributed by atoms with Crippen LogP contribution in [0.5, 0.6) is 0 Å². The standard InChI is InChI=1S/C18H17N3/c1-13-8-7-9-14(2)17(13)21-12-16(19-3)20-18(21)15-10-5-4-6-11-15/h4-12,18,20H,1-2H3. The Morgan fingerprint density at radius 3 is 2.29 bits per heavy atom. The van der Waals surface area contributed by atoms with Crippen LogP contribution in [0.1, 0.15) is 22.9 Å². The largest absolute Gasteiger partial charge is 0.363 e. The molecule has 0 aliphatic carbocycles. The first-order chi connectivity index (χ1) is 10.2. The van der Waals surface area contributed by atoms with Crippen molar-refractivity contribution >= 4 is 5.69 Å². The molecule has 0 radical (unpaired) electrons. The third-order valence-corrected chi connectivity index (χ3v) is 3.76. The van der Waals surface area contributed by atoms with Gasteiger partial charge in [-0.15, -0.1) is 0 Å². The fraction of sp³-hybridized carbons (Fsp3) is 0.167. The highest BCUT2D eigenvalue weighted by Gasteiger charge is 2.29. The molecule has 2 aromatic rings. The molecule has 104 valence electrons. The molecule has 1 aliphatic rings. The van der Waals surface area contributed by atoms with E-state index < -0.39 is 0 Å². The van der Waals surface area contributed by atoms with Crippen LogP contribution in [-0.2, 0) is 0 Å². The summed E-state index contributed by atoms with van der Waals surface area (Å²) in [6.07, 6.45) is 1.87. The van der Waals surface area contributed by atoms with Crippen LogP contribution in [0, 0.1) is 20.4 Å². The molecule has 1 aliphatic heterocycles. The lowest BCUT2D eigenvalue weighted by molar-refractivity contribution is 0.654. The lowest BCUT2D eigenvalue weighted by atomic mass is 10.1. The van der Waals surface area contributed by atoms with Gasteiger partial charge in [0.15, 0.2) is 6.17 Å². The van der Waals surface area contributed by atoms with Gasteiger partial charge in [-0.1, -0.05) is 55.1 Å². The Bertz CT molecular complexity index is 706. The summed E-state index contributed by atoms with van der Waals surface area (Å²) in [5.74, 6) is 0.575. The highest BCUT2D eigenvalue weighted by atomic mass is 15.3. The summed E-state index contributed by atoms with van der Waals surface area (Å²) in [5.41, 5.74) is 4.73. The number of hydrogen-bond acceptors (Lipinski definition) is 2. The topological polar surface area (TPSA) is 19.6 Å². The van der Waals surface area contributed by atoms with Crippen LogP contribution in [0.3, 0.4) is 0 Å². The SMILES string of the molecule is [C-]#[N+]C1=CN(c2c(C)cccc2C)C(c2ccccc2)N1. The molecule has 1 heterocycles. The first-order valence-corrected chi connectivity index (χ1v) is 6.96. The van der Waals surface area contributed by atoms with E-state index in [1.54, 1.807) is 0 Å². The quantitative estimate of drug-likeness (QED) is 0.831. The highest BCUT2D eigenvalue weighted by Crippen LogP contribution is 2.35. The maximum atomic E-state index is 7.28. The number of hydrogen-bond donors (Lipinski definition) is 1. The van der Waals surface area contributed by atoms with Crippen molar-refractivity contribution in [3.05, 3.63) is 88.7 Å². The molecule has 3 heteroatoms. The number of rotatable bonds is 2. The monoisotopic (exact) mass is 275 g/mol. The van der Waals surface area contributed by atoms with Crippen molar-refractivity contribution in [1.82, 2.24) is 5.32 Å². The van der Waals surface area contributed by atoms with Gasteiger partial charge in [-0.25, -0.2) is 0 Å². The first-order valence-electron chi connectivity index (χ1n) is 6.96. The number of anilines is 1. The average molecular weight is 275 g/mol. The number of nitrogens with one attached hydrogen (secondary N) is 1. The number of nitrogens with zero attached hydrogens (tertiary/aromatic N) is 2. The van der Waals surface area contributed by atoms with Gasteiger partial charge in [-0.05, 0) is 25.0 Å². The zero-order valence-electron chi connectivity index (χ0n) is 12.2. The molecular formula is C18H17N3. The van der Waals surface area contributed by atoms with E-state index in [0.717, 1.165) is 11.3 Å². The highest BCUT2D eigenvalue weighted by molar-refractivity contribution is 5.64. The molecule has 0 aromatic heterocycles. The van der Waals surface area contributed by atoms with Gasteiger partial charge in [-0.2, -0.15) is 0 Å². The molecule has 1 atom stereocenters. The zero-order chi connectivity index (χ0) is 14.8. The molecule has 1 N–H and O–H groups in total. The van der Waals surface area contributed by atoms with Gasteiger partial charge < -0.3 is 15.1 Å². The van der Waals surface area contributed by atoms with E-state index in [-0.39, 0.29) is 6.17 Å². The van der Waals surface area contributed by atoms with Gasteiger partial charge in [0.2, 0.25) is 5.82 Å². The molecule has 0 saturated carbocycles. The molecule has 2 aromatic carbocycles. The van der Waals surface area contributed by atoms with Gasteiger partial charge in [-0.3, -0.25) is 0 Å². The summed E-state index contributed by atoms with van der Waals surface area (Å²) < 4.78 is 0. The Morgan fingerprint density at radius 1 is 1.00 bits per heavy atom. The van der Waals surface area contributed by atoms with Crippen molar-refractivity contribution in [2.45, 2.75) is 20.0 Å². The molecule has 3 nitrogen and oxygen atoms in total. The van der Waals surface area contributed by atoms with E-state index in [9.17, 15) is 0 Å². The second-order valence-electron chi connectivity index (χ2n) is 5.23. The van der Waals surface area contributed by atoms with Crippen molar-refractivity contribution < 1.29 is 0 Å². The van der Waals surface area contributed by atoms with Crippen molar-refractivity contribution in [2.24, 2.45) is 0 Å². The van der Waals surface area contributed by atoms with Gasteiger partial charge in [0.25, 0.3) is 0 Å². The summed E-state index contributed by atoms with van der Waals surface area (Å²) in [4.78, 5) is 5.72. The molecule has 0 amide bonds. The van der Waals surface area contributed by atoms with Crippen molar-refractivity contribution in [2.75, 3.05) is 4.90 Å². The minimum absolute atomic E-state index is 0.0323. The first kappa shape index (κ1) is 13.3. The third-order valence-electron chi connectivity index (χ3n) is 3.76. The smallest absolute Gasteiger partial charge is 0.241 e. The van der Waals surface area contributed by atoms with Crippen LogP contribution in [0.2, 0.25) is 0 Å². The molecule has 3 rings (SSSR count). The summed E-state index contributed by atoms with van der Waals surface area (Å²) in [6, 6.07) is 16.5. The molecule has 0 spiro atoms. The predicted octanol–water partition coefficient (Wildman–Crippen LogP) is 4.13. The average Bonchev–Trinajstić information content (AvgIpc) is 2.92. The maximum Gasteiger partial charge on any atom is 0.241 e. The van der Waals surface area contributed by atoms with Crippen molar-refractivity contribution in [3.8, 4) is 0 Å². The fourth-order valence-corrected chi connectivity index (χ4v) is 2.80. The summed E-state index contributed by atoms with van der Waals surface area (Å²) in [6.45, 7) is 11.5. The second kappa shape index (κ2) is 5.34. The van der Waals surface area contributed by atoms with Crippen molar-refractivity contribution in [1.29, 1.82) is 0 Å². The number of aryl methyl sites for hydroxylation is 2. The van der Waals surface area contributed by atoms with E-state index in [0.29, 0.717) is 5.82 Å². The Hall–Kier alpha value is -2.73. The molecule has 0 fully saturated rings. The predicted molar refractivity (Wildman–Crippen MR) is 85.4 cm³/mol. The summed E-state index contributed by atoms with van der Waals surface area (Å²) >= 11 is 0. The summed E-state index contributed by atoms with van der Waals surface area (Å²) in [7, 11) is 0. The lowest BCUT2D eigenvalue weighted by Crippen LogP contribution is -2.28. The van der Waals surface area contributed by atoms with Gasteiger partial charge in [0, 0.05) is 17.5 Å². The van der Waals surface area contributed by atoms with Crippen LogP contribution >= 0.6 is 0 Å². The van der Waals surface area contributed by atoms with Gasteiger partial charge in [0.05, 0.1) is 0 Å². The fourth-order valence-electron chi connectivity index (χ4n) is 2.80. The Labute approximate surface area is 125 Å².